The summed E-state index contributed by atoms with van der Waals surface area (Å²) in [5.74, 6) is 0.237. The Morgan fingerprint density at radius 1 is 1.48 bits per heavy atom. The average molecular weight is 353 g/mol. The number of halogens is 1. The lowest BCUT2D eigenvalue weighted by atomic mass is 10.0. The predicted molar refractivity (Wildman–Crippen MR) is 85.1 cm³/mol. The third-order valence-electron chi connectivity index (χ3n) is 4.23. The van der Waals surface area contributed by atoms with Crippen LogP contribution in [0.2, 0.25) is 0 Å². The molecule has 2 heterocycles. The Morgan fingerprint density at radius 3 is 3.14 bits per heavy atom. The molecule has 2 aliphatic heterocycles. The van der Waals surface area contributed by atoms with E-state index >= 15 is 0 Å². The van der Waals surface area contributed by atoms with Crippen molar-refractivity contribution in [1.82, 2.24) is 10.2 Å². The van der Waals surface area contributed by atoms with Gasteiger partial charge in [-0.25, -0.2) is 0 Å². The molecule has 2 saturated heterocycles. The van der Waals surface area contributed by atoms with E-state index in [1.165, 1.54) is 5.56 Å². The lowest BCUT2D eigenvalue weighted by Gasteiger charge is -2.29. The van der Waals surface area contributed by atoms with Crippen molar-refractivity contribution in [2.75, 3.05) is 26.3 Å². The van der Waals surface area contributed by atoms with Crippen LogP contribution >= 0.6 is 15.9 Å². The number of benzene rings is 1. The van der Waals surface area contributed by atoms with Gasteiger partial charge in [-0.2, -0.15) is 0 Å². The average Bonchev–Trinajstić information content (AvgIpc) is 2.98. The first-order chi connectivity index (χ1) is 10.2. The maximum absolute atomic E-state index is 12.6. The second kappa shape index (κ2) is 6.90. The van der Waals surface area contributed by atoms with Gasteiger partial charge in [0.15, 0.2) is 0 Å². The normalized spacial score (nSPS) is 26.0. The summed E-state index contributed by atoms with van der Waals surface area (Å²) in [5.41, 5.74) is 1.23. The number of likely N-dealkylation sites (tertiary alicyclic amines) is 1. The Morgan fingerprint density at radius 2 is 2.38 bits per heavy atom. The maximum atomic E-state index is 12.6. The second-order valence-corrected chi connectivity index (χ2v) is 6.65. The quantitative estimate of drug-likeness (QED) is 0.908. The van der Waals surface area contributed by atoms with Crippen LogP contribution in [0.4, 0.5) is 0 Å². The summed E-state index contributed by atoms with van der Waals surface area (Å²) in [6, 6.07) is 8.68. The van der Waals surface area contributed by atoms with Crippen LogP contribution < -0.4 is 5.32 Å². The van der Waals surface area contributed by atoms with Crippen LogP contribution in [0, 0.1) is 0 Å². The molecule has 2 fully saturated rings. The van der Waals surface area contributed by atoms with Crippen LogP contribution in [0.3, 0.4) is 0 Å². The molecule has 0 saturated carbocycles. The minimum Gasteiger partial charge on any atom is -0.378 e. The standard InChI is InChI=1S/C16H21BrN2O2/c17-13-4-1-3-12(9-13)15-5-2-7-19(15)16(20)10-14-11-21-8-6-18-14/h1,3-4,9,14-15,18H,2,5-8,10-11H2. The van der Waals surface area contributed by atoms with E-state index < -0.39 is 0 Å². The lowest BCUT2D eigenvalue weighted by Crippen LogP contribution is -2.45. The first kappa shape index (κ1) is 15.0. The van der Waals surface area contributed by atoms with Gasteiger partial charge < -0.3 is 15.0 Å². The van der Waals surface area contributed by atoms with Crippen molar-refractivity contribution in [2.24, 2.45) is 0 Å². The van der Waals surface area contributed by atoms with Crippen molar-refractivity contribution in [1.29, 1.82) is 0 Å². The molecule has 1 aromatic carbocycles. The second-order valence-electron chi connectivity index (χ2n) is 5.73. The molecule has 4 nitrogen and oxygen atoms in total. The van der Waals surface area contributed by atoms with Crippen molar-refractivity contribution in [2.45, 2.75) is 31.3 Å². The zero-order valence-electron chi connectivity index (χ0n) is 12.1. The molecule has 3 rings (SSSR count). The SMILES string of the molecule is O=C(CC1COCCN1)N1CCCC1c1cccc(Br)c1. The molecule has 5 heteroatoms. The van der Waals surface area contributed by atoms with Crippen LogP contribution in [0.5, 0.6) is 0 Å². The summed E-state index contributed by atoms with van der Waals surface area (Å²) >= 11 is 3.52. The topological polar surface area (TPSA) is 41.6 Å². The van der Waals surface area contributed by atoms with Crippen LogP contribution in [-0.2, 0) is 9.53 Å². The Bertz CT molecular complexity index is 503. The molecule has 1 aromatic rings. The summed E-state index contributed by atoms with van der Waals surface area (Å²) < 4.78 is 6.50. The molecule has 0 bridgehead atoms. The summed E-state index contributed by atoms with van der Waals surface area (Å²) in [5, 5.41) is 3.36. The molecule has 0 radical (unpaired) electrons. The van der Waals surface area contributed by atoms with Gasteiger partial charge >= 0.3 is 0 Å². The van der Waals surface area contributed by atoms with Gasteiger partial charge in [-0.05, 0) is 30.5 Å². The van der Waals surface area contributed by atoms with E-state index in [1.807, 2.05) is 17.0 Å². The minimum absolute atomic E-state index is 0.162. The number of nitrogens with one attached hydrogen (secondary N) is 1. The maximum Gasteiger partial charge on any atom is 0.224 e. The zero-order chi connectivity index (χ0) is 14.7. The number of amides is 1. The highest BCUT2D eigenvalue weighted by Crippen LogP contribution is 2.33. The van der Waals surface area contributed by atoms with E-state index in [4.69, 9.17) is 4.74 Å². The lowest BCUT2D eigenvalue weighted by molar-refractivity contribution is -0.133. The van der Waals surface area contributed by atoms with Gasteiger partial charge in [-0.3, -0.25) is 4.79 Å². The largest absolute Gasteiger partial charge is 0.378 e. The van der Waals surface area contributed by atoms with Crippen molar-refractivity contribution < 1.29 is 9.53 Å². The fourth-order valence-electron chi connectivity index (χ4n) is 3.20. The first-order valence-electron chi connectivity index (χ1n) is 7.60. The van der Waals surface area contributed by atoms with Gasteiger partial charge in [0, 0.05) is 30.0 Å². The Balaban J connectivity index is 1.67. The van der Waals surface area contributed by atoms with Crippen LogP contribution in [0.15, 0.2) is 28.7 Å². The Kier molecular flexibility index (Phi) is 4.93. The zero-order valence-corrected chi connectivity index (χ0v) is 13.6. The molecule has 21 heavy (non-hydrogen) atoms. The number of rotatable bonds is 3. The molecule has 0 spiro atoms. The summed E-state index contributed by atoms with van der Waals surface area (Å²) in [6.07, 6.45) is 2.67. The van der Waals surface area contributed by atoms with Crippen molar-refractivity contribution in [3.05, 3.63) is 34.3 Å². The van der Waals surface area contributed by atoms with Gasteiger partial charge in [0.05, 0.1) is 19.3 Å². The van der Waals surface area contributed by atoms with E-state index in [1.54, 1.807) is 0 Å². The third kappa shape index (κ3) is 3.65. The summed E-state index contributed by atoms with van der Waals surface area (Å²) in [7, 11) is 0. The minimum atomic E-state index is 0.162. The van der Waals surface area contributed by atoms with Crippen molar-refractivity contribution in [3.63, 3.8) is 0 Å². The Labute approximate surface area is 134 Å². The smallest absolute Gasteiger partial charge is 0.224 e. The van der Waals surface area contributed by atoms with Crippen LogP contribution in [0.1, 0.15) is 30.9 Å². The van der Waals surface area contributed by atoms with E-state index in [0.717, 1.165) is 37.0 Å². The van der Waals surface area contributed by atoms with Crippen LogP contribution in [0.25, 0.3) is 0 Å². The number of morpholine rings is 1. The Hall–Kier alpha value is -0.910. The molecule has 1 N–H and O–H groups in total. The number of carbonyl (C=O) groups is 1. The predicted octanol–water partition coefficient (Wildman–Crippen LogP) is 2.49. The summed E-state index contributed by atoms with van der Waals surface area (Å²) in [4.78, 5) is 14.6. The van der Waals surface area contributed by atoms with Gasteiger partial charge in [-0.15, -0.1) is 0 Å². The van der Waals surface area contributed by atoms with Gasteiger partial charge in [-0.1, -0.05) is 28.1 Å². The highest BCUT2D eigenvalue weighted by molar-refractivity contribution is 9.10. The van der Waals surface area contributed by atoms with Gasteiger partial charge in [0.25, 0.3) is 0 Å². The molecule has 0 aliphatic carbocycles. The molecule has 2 atom stereocenters. The fourth-order valence-corrected chi connectivity index (χ4v) is 3.62. The summed E-state index contributed by atoms with van der Waals surface area (Å²) in [6.45, 7) is 3.09. The van der Waals surface area contributed by atoms with Gasteiger partial charge in [0.1, 0.15) is 0 Å². The molecule has 2 unspecified atom stereocenters. The number of hydrogen-bond acceptors (Lipinski definition) is 3. The number of nitrogens with zero attached hydrogens (tertiary/aromatic N) is 1. The van der Waals surface area contributed by atoms with E-state index in [0.29, 0.717) is 13.0 Å². The highest BCUT2D eigenvalue weighted by atomic mass is 79.9. The number of ether oxygens (including phenoxy) is 1. The highest BCUT2D eigenvalue weighted by Gasteiger charge is 2.31. The van der Waals surface area contributed by atoms with E-state index in [9.17, 15) is 4.79 Å². The molecule has 1 amide bonds. The molecule has 114 valence electrons. The first-order valence-corrected chi connectivity index (χ1v) is 8.39. The molecule has 2 aliphatic rings. The van der Waals surface area contributed by atoms with E-state index in [2.05, 4.69) is 33.4 Å². The molecular formula is C16H21BrN2O2. The molecular weight excluding hydrogens is 332 g/mol. The monoisotopic (exact) mass is 352 g/mol. The van der Waals surface area contributed by atoms with E-state index in [-0.39, 0.29) is 18.0 Å². The van der Waals surface area contributed by atoms with Gasteiger partial charge in [0.2, 0.25) is 5.91 Å². The van der Waals surface area contributed by atoms with Crippen molar-refractivity contribution >= 4 is 21.8 Å². The number of carbonyl (C=O) groups excluding carboxylic acids is 1. The van der Waals surface area contributed by atoms with Crippen LogP contribution in [-0.4, -0.2) is 43.2 Å². The number of hydrogen-bond donors (Lipinski definition) is 1. The molecule has 0 aromatic heterocycles. The van der Waals surface area contributed by atoms with Crippen molar-refractivity contribution in [3.8, 4) is 0 Å². The third-order valence-corrected chi connectivity index (χ3v) is 4.72. The fraction of sp³-hybridized carbons (Fsp3) is 0.562.